The predicted octanol–water partition coefficient (Wildman–Crippen LogP) is 3.15. The third kappa shape index (κ3) is 2.91. The van der Waals surface area contributed by atoms with Crippen LogP contribution in [0.5, 0.6) is 0 Å². The molecule has 1 aliphatic carbocycles. The molecule has 1 saturated heterocycles. The van der Waals surface area contributed by atoms with Gasteiger partial charge in [-0.2, -0.15) is 0 Å². The first-order chi connectivity index (χ1) is 11.2. The van der Waals surface area contributed by atoms with Gasteiger partial charge in [0.1, 0.15) is 5.65 Å². The maximum Gasteiger partial charge on any atom is 0.264 e. The molecule has 2 aliphatic rings. The molecule has 0 spiro atoms. The van der Waals surface area contributed by atoms with Gasteiger partial charge in [0.15, 0.2) is 5.17 Å². The van der Waals surface area contributed by atoms with Gasteiger partial charge in [-0.1, -0.05) is 12.8 Å². The average molecular weight is 326 g/mol. The van der Waals surface area contributed by atoms with E-state index in [-0.39, 0.29) is 5.91 Å². The van der Waals surface area contributed by atoms with E-state index in [0.717, 1.165) is 29.4 Å². The van der Waals surface area contributed by atoms with Crippen molar-refractivity contribution in [3.05, 3.63) is 40.7 Å². The largest absolute Gasteiger partial charge is 0.301 e. The molecule has 0 radical (unpaired) electrons. The minimum Gasteiger partial charge on any atom is -0.301 e. The second-order valence-corrected chi connectivity index (χ2v) is 7.08. The highest BCUT2D eigenvalue weighted by Crippen LogP contribution is 2.29. The van der Waals surface area contributed by atoms with Gasteiger partial charge in [-0.05, 0) is 55.3 Å². The van der Waals surface area contributed by atoms with Crippen molar-refractivity contribution in [2.45, 2.75) is 38.6 Å². The first-order valence-corrected chi connectivity index (χ1v) is 8.73. The van der Waals surface area contributed by atoms with Crippen LogP contribution in [0.15, 0.2) is 34.4 Å². The molecule has 0 atom stereocenters. The van der Waals surface area contributed by atoms with Crippen molar-refractivity contribution in [2.75, 3.05) is 0 Å². The number of thioether (sulfide) groups is 1. The molecule has 0 bridgehead atoms. The highest BCUT2D eigenvalue weighted by atomic mass is 32.2. The Hall–Kier alpha value is -2.08. The van der Waals surface area contributed by atoms with E-state index < -0.39 is 0 Å². The quantitative estimate of drug-likeness (QED) is 0.863. The van der Waals surface area contributed by atoms with Crippen molar-refractivity contribution in [3.8, 4) is 0 Å². The zero-order valence-electron chi connectivity index (χ0n) is 13.0. The molecule has 5 nitrogen and oxygen atoms in total. The molecule has 0 aromatic carbocycles. The number of pyridine rings is 1. The summed E-state index contributed by atoms with van der Waals surface area (Å²) in [5, 5.41) is 3.61. The number of aliphatic imine (C=N–C) groups is 1. The summed E-state index contributed by atoms with van der Waals surface area (Å²) in [4.78, 5) is 21.9. The molecule has 1 N–H and O–H groups in total. The first kappa shape index (κ1) is 14.5. The van der Waals surface area contributed by atoms with Crippen molar-refractivity contribution < 1.29 is 4.79 Å². The molecule has 2 aromatic heterocycles. The highest BCUT2D eigenvalue weighted by Gasteiger charge is 2.26. The Kier molecular flexibility index (Phi) is 3.69. The first-order valence-electron chi connectivity index (χ1n) is 7.91. The number of rotatable bonds is 2. The Morgan fingerprint density at radius 2 is 2.26 bits per heavy atom. The van der Waals surface area contributed by atoms with E-state index >= 15 is 0 Å². The second kappa shape index (κ2) is 5.85. The van der Waals surface area contributed by atoms with Gasteiger partial charge in [-0.15, -0.1) is 0 Å². The summed E-state index contributed by atoms with van der Waals surface area (Å²) in [6.45, 7) is 2.04. The van der Waals surface area contributed by atoms with Crippen LogP contribution in [0.3, 0.4) is 0 Å². The number of amidine groups is 1. The number of carbonyl (C=O) groups excluding carboxylic acids is 1. The van der Waals surface area contributed by atoms with Crippen molar-refractivity contribution in [1.29, 1.82) is 0 Å². The Balaban J connectivity index is 1.61. The Bertz CT molecular complexity index is 830. The lowest BCUT2D eigenvalue weighted by atomic mass is 10.3. The smallest absolute Gasteiger partial charge is 0.264 e. The molecular formula is C17H18N4OS. The lowest BCUT2D eigenvalue weighted by molar-refractivity contribution is -0.115. The van der Waals surface area contributed by atoms with E-state index in [4.69, 9.17) is 0 Å². The van der Waals surface area contributed by atoms with E-state index in [2.05, 4.69) is 15.3 Å². The van der Waals surface area contributed by atoms with Gasteiger partial charge in [0.2, 0.25) is 0 Å². The average Bonchev–Trinajstić information content (AvgIpc) is 3.23. The van der Waals surface area contributed by atoms with Gasteiger partial charge in [-0.25, -0.2) is 4.98 Å². The number of nitrogens with zero attached hydrogens (tertiary/aromatic N) is 3. The molecule has 6 heteroatoms. The fraction of sp³-hybridized carbons (Fsp3) is 0.353. The minimum absolute atomic E-state index is 0.0752. The number of nitrogens with one attached hydrogen (secondary N) is 1. The Morgan fingerprint density at radius 1 is 1.43 bits per heavy atom. The summed E-state index contributed by atoms with van der Waals surface area (Å²) in [5.74, 6) is -0.0752. The third-order valence-electron chi connectivity index (χ3n) is 4.25. The summed E-state index contributed by atoms with van der Waals surface area (Å²) in [6.07, 6.45) is 10.4. The molecule has 2 aromatic rings. The summed E-state index contributed by atoms with van der Waals surface area (Å²) in [5.41, 5.74) is 2.96. The summed E-state index contributed by atoms with van der Waals surface area (Å²) >= 11 is 1.42. The monoisotopic (exact) mass is 326 g/mol. The number of amides is 1. The molecule has 1 saturated carbocycles. The highest BCUT2D eigenvalue weighted by molar-refractivity contribution is 8.18. The maximum atomic E-state index is 12.2. The number of aromatic nitrogens is 2. The molecule has 3 heterocycles. The van der Waals surface area contributed by atoms with E-state index in [1.165, 1.54) is 30.2 Å². The maximum absolute atomic E-state index is 12.2. The van der Waals surface area contributed by atoms with Gasteiger partial charge < -0.3 is 9.72 Å². The molecule has 4 rings (SSSR count). The standard InChI is InChI=1S/C17H18N4OS/c1-11-6-7-21-13(10-18-15(21)8-11)9-14-16(22)20-17(23-14)19-12-4-2-3-5-12/h6-10,12H,2-5H2,1H3,(H,19,20,22). The number of hydrogen-bond donors (Lipinski definition) is 1. The van der Waals surface area contributed by atoms with E-state index in [1.54, 1.807) is 6.20 Å². The van der Waals surface area contributed by atoms with E-state index in [1.807, 2.05) is 35.7 Å². The molecule has 118 valence electrons. The second-order valence-electron chi connectivity index (χ2n) is 6.05. The number of hydrogen-bond acceptors (Lipinski definition) is 4. The van der Waals surface area contributed by atoms with Crippen molar-refractivity contribution in [2.24, 2.45) is 4.99 Å². The molecule has 23 heavy (non-hydrogen) atoms. The zero-order chi connectivity index (χ0) is 15.8. The van der Waals surface area contributed by atoms with Crippen molar-refractivity contribution in [3.63, 3.8) is 0 Å². The SMILES string of the molecule is Cc1ccn2c(C=C3SC(=NC4CCCC4)NC3=O)cnc2c1. The van der Waals surface area contributed by atoms with Crippen LogP contribution in [0.25, 0.3) is 11.7 Å². The Labute approximate surface area is 138 Å². The van der Waals surface area contributed by atoms with Gasteiger partial charge in [0, 0.05) is 6.20 Å². The van der Waals surface area contributed by atoms with Crippen LogP contribution in [0.1, 0.15) is 36.9 Å². The number of carbonyl (C=O) groups is 1. The zero-order valence-corrected chi connectivity index (χ0v) is 13.8. The predicted molar refractivity (Wildman–Crippen MR) is 93.3 cm³/mol. The summed E-state index contributed by atoms with van der Waals surface area (Å²) in [6, 6.07) is 4.43. The molecule has 0 unspecified atom stereocenters. The lowest BCUT2D eigenvalue weighted by Crippen LogP contribution is -2.21. The molecule has 2 fully saturated rings. The van der Waals surface area contributed by atoms with Crippen LogP contribution in [0.2, 0.25) is 0 Å². The summed E-state index contributed by atoms with van der Waals surface area (Å²) in [7, 11) is 0. The molecule has 1 aliphatic heterocycles. The van der Waals surface area contributed by atoms with Crippen molar-refractivity contribution >= 4 is 34.6 Å². The fourth-order valence-corrected chi connectivity index (χ4v) is 3.91. The number of aryl methyl sites for hydroxylation is 1. The van der Waals surface area contributed by atoms with Crippen LogP contribution in [0.4, 0.5) is 0 Å². The third-order valence-corrected chi connectivity index (χ3v) is 5.18. The molecular weight excluding hydrogens is 308 g/mol. The van der Waals surface area contributed by atoms with E-state index in [0.29, 0.717) is 10.9 Å². The van der Waals surface area contributed by atoms with Gasteiger partial charge in [-0.3, -0.25) is 9.79 Å². The van der Waals surface area contributed by atoms with Crippen LogP contribution >= 0.6 is 11.8 Å². The minimum atomic E-state index is -0.0752. The Morgan fingerprint density at radius 3 is 3.09 bits per heavy atom. The number of fused-ring (bicyclic) bond motifs is 1. The summed E-state index contributed by atoms with van der Waals surface area (Å²) < 4.78 is 1.99. The van der Waals surface area contributed by atoms with Crippen LogP contribution in [0, 0.1) is 6.92 Å². The topological polar surface area (TPSA) is 58.8 Å². The molecule has 1 amide bonds. The van der Waals surface area contributed by atoms with Crippen LogP contribution in [-0.2, 0) is 4.79 Å². The van der Waals surface area contributed by atoms with Gasteiger partial charge >= 0.3 is 0 Å². The fourth-order valence-electron chi connectivity index (χ4n) is 3.03. The van der Waals surface area contributed by atoms with Crippen LogP contribution in [-0.4, -0.2) is 26.5 Å². The van der Waals surface area contributed by atoms with Crippen LogP contribution < -0.4 is 5.32 Å². The van der Waals surface area contributed by atoms with Gasteiger partial charge in [0.25, 0.3) is 5.91 Å². The van der Waals surface area contributed by atoms with Gasteiger partial charge in [0.05, 0.1) is 22.8 Å². The van der Waals surface area contributed by atoms with Crippen molar-refractivity contribution in [1.82, 2.24) is 14.7 Å². The van der Waals surface area contributed by atoms with E-state index in [9.17, 15) is 4.79 Å². The number of imidazole rings is 1. The lowest BCUT2D eigenvalue weighted by Gasteiger charge is -2.02. The normalized spacial score (nSPS) is 22.6.